The van der Waals surface area contributed by atoms with E-state index in [1.807, 2.05) is 30.3 Å². The molecule has 0 radical (unpaired) electrons. The van der Waals surface area contributed by atoms with Crippen molar-refractivity contribution in [1.29, 1.82) is 0 Å². The van der Waals surface area contributed by atoms with E-state index in [2.05, 4.69) is 21.0 Å². The minimum atomic E-state index is 0.744. The number of pyridine rings is 1. The van der Waals surface area contributed by atoms with Gasteiger partial charge in [-0.3, -0.25) is 0 Å². The highest BCUT2D eigenvalue weighted by Gasteiger charge is 2.04. The maximum atomic E-state index is 5.21. The smallest absolute Gasteiger partial charge is 0.177 e. The van der Waals surface area contributed by atoms with Crippen molar-refractivity contribution in [3.63, 3.8) is 0 Å². The fraction of sp³-hybridized carbons (Fsp3) is 0.143. The van der Waals surface area contributed by atoms with E-state index in [1.54, 1.807) is 13.3 Å². The Morgan fingerprint density at radius 1 is 1.22 bits per heavy atom. The molecule has 2 heterocycles. The summed E-state index contributed by atoms with van der Waals surface area (Å²) in [6.45, 7) is 0. The van der Waals surface area contributed by atoms with Crippen LogP contribution in [0.4, 0.5) is 0 Å². The van der Waals surface area contributed by atoms with E-state index in [1.165, 1.54) is 0 Å². The summed E-state index contributed by atoms with van der Waals surface area (Å²) >= 11 is 0. The minimum absolute atomic E-state index is 0.744. The lowest BCUT2D eigenvalue weighted by Crippen LogP contribution is -1.91. The number of hydrogen-bond donors (Lipinski definition) is 1. The van der Waals surface area contributed by atoms with E-state index in [-0.39, 0.29) is 0 Å². The highest BCUT2D eigenvalue weighted by atomic mass is 16.5. The number of ether oxygens (including phenoxy) is 1. The van der Waals surface area contributed by atoms with Crippen LogP contribution in [0.15, 0.2) is 42.6 Å². The Hall–Kier alpha value is -2.36. The van der Waals surface area contributed by atoms with Crippen molar-refractivity contribution in [3.05, 3.63) is 54.0 Å². The van der Waals surface area contributed by atoms with E-state index in [4.69, 9.17) is 4.74 Å². The molecule has 0 bridgehead atoms. The summed E-state index contributed by atoms with van der Waals surface area (Å²) in [7, 11) is 1.67. The number of aromatic amines is 1. The van der Waals surface area contributed by atoms with Gasteiger partial charge in [0, 0.05) is 12.6 Å². The zero-order chi connectivity index (χ0) is 12.4. The van der Waals surface area contributed by atoms with Gasteiger partial charge in [0.1, 0.15) is 11.6 Å². The Bertz CT molecular complexity index is 642. The van der Waals surface area contributed by atoms with Crippen molar-refractivity contribution < 1.29 is 4.74 Å². The first kappa shape index (κ1) is 10.8. The van der Waals surface area contributed by atoms with E-state index in [9.17, 15) is 0 Å². The molecule has 1 N–H and O–H groups in total. The second-order valence-electron chi connectivity index (χ2n) is 4.09. The molecule has 3 aromatic rings. The molecule has 4 heteroatoms. The van der Waals surface area contributed by atoms with Crippen molar-refractivity contribution in [1.82, 2.24) is 15.0 Å². The first-order valence-corrected chi connectivity index (χ1v) is 5.78. The van der Waals surface area contributed by atoms with Gasteiger partial charge in [-0.15, -0.1) is 0 Å². The van der Waals surface area contributed by atoms with E-state index in [0.29, 0.717) is 0 Å². The number of H-pyrrole nitrogens is 1. The zero-order valence-corrected chi connectivity index (χ0v) is 10.1. The number of methoxy groups -OCH3 is 1. The molecule has 90 valence electrons. The number of imidazole rings is 1. The predicted molar refractivity (Wildman–Crippen MR) is 69.7 cm³/mol. The van der Waals surface area contributed by atoms with Crippen molar-refractivity contribution in [2.24, 2.45) is 0 Å². The van der Waals surface area contributed by atoms with E-state index in [0.717, 1.165) is 34.7 Å². The van der Waals surface area contributed by atoms with Gasteiger partial charge < -0.3 is 9.72 Å². The molecule has 0 aliphatic carbocycles. The molecule has 18 heavy (non-hydrogen) atoms. The maximum Gasteiger partial charge on any atom is 0.177 e. The summed E-state index contributed by atoms with van der Waals surface area (Å²) in [5.41, 5.74) is 2.89. The minimum Gasteiger partial charge on any atom is -0.497 e. The Labute approximate surface area is 105 Å². The summed E-state index contributed by atoms with van der Waals surface area (Å²) in [5.74, 6) is 1.78. The molecule has 1 aromatic carbocycles. The first-order chi connectivity index (χ1) is 8.85. The fourth-order valence-electron chi connectivity index (χ4n) is 1.95. The van der Waals surface area contributed by atoms with Gasteiger partial charge in [-0.1, -0.05) is 12.1 Å². The lowest BCUT2D eigenvalue weighted by molar-refractivity contribution is 0.414. The average molecular weight is 239 g/mol. The van der Waals surface area contributed by atoms with Crippen LogP contribution in [0.1, 0.15) is 11.4 Å². The van der Waals surface area contributed by atoms with Gasteiger partial charge in [-0.2, -0.15) is 0 Å². The Morgan fingerprint density at radius 3 is 3.00 bits per heavy atom. The molecule has 0 fully saturated rings. The van der Waals surface area contributed by atoms with Crippen LogP contribution in [0, 0.1) is 0 Å². The monoisotopic (exact) mass is 239 g/mol. The van der Waals surface area contributed by atoms with Gasteiger partial charge in [-0.05, 0) is 29.8 Å². The van der Waals surface area contributed by atoms with Crippen LogP contribution >= 0.6 is 0 Å². The molecule has 0 saturated carbocycles. The molecule has 0 saturated heterocycles. The number of fused-ring (bicyclic) bond motifs is 1. The fourth-order valence-corrected chi connectivity index (χ4v) is 1.95. The summed E-state index contributed by atoms with van der Waals surface area (Å²) in [6, 6.07) is 11.9. The molecule has 2 aromatic heterocycles. The summed E-state index contributed by atoms with van der Waals surface area (Å²) in [4.78, 5) is 11.9. The third-order valence-corrected chi connectivity index (χ3v) is 2.81. The van der Waals surface area contributed by atoms with Crippen LogP contribution < -0.4 is 4.74 Å². The molecular formula is C14H13N3O. The van der Waals surface area contributed by atoms with Crippen LogP contribution in [-0.2, 0) is 6.42 Å². The van der Waals surface area contributed by atoms with Gasteiger partial charge in [-0.25, -0.2) is 9.97 Å². The molecule has 0 unspecified atom stereocenters. The van der Waals surface area contributed by atoms with Crippen LogP contribution in [0.25, 0.3) is 11.2 Å². The number of rotatable bonds is 3. The number of benzene rings is 1. The molecule has 4 nitrogen and oxygen atoms in total. The number of aromatic nitrogens is 3. The predicted octanol–water partition coefficient (Wildman–Crippen LogP) is 2.56. The number of nitrogens with zero attached hydrogens (tertiary/aromatic N) is 2. The Kier molecular flexibility index (Phi) is 2.68. The van der Waals surface area contributed by atoms with Gasteiger partial charge >= 0.3 is 0 Å². The molecule has 0 spiro atoms. The van der Waals surface area contributed by atoms with E-state index < -0.39 is 0 Å². The lowest BCUT2D eigenvalue weighted by atomic mass is 10.1. The number of hydrogen-bond acceptors (Lipinski definition) is 3. The first-order valence-electron chi connectivity index (χ1n) is 5.78. The standard InChI is InChI=1S/C14H13N3O/c1-18-11-5-2-4-10(8-11)9-13-16-12-6-3-7-15-14(12)17-13/h2-8H,9H2,1H3,(H,15,16,17). The Morgan fingerprint density at radius 2 is 2.17 bits per heavy atom. The molecule has 0 aliphatic rings. The van der Waals surface area contributed by atoms with Gasteiger partial charge in [0.05, 0.1) is 12.6 Å². The van der Waals surface area contributed by atoms with Crippen molar-refractivity contribution in [2.45, 2.75) is 6.42 Å². The Balaban J connectivity index is 1.91. The highest BCUT2D eigenvalue weighted by molar-refractivity contribution is 5.69. The third-order valence-electron chi connectivity index (χ3n) is 2.81. The molecule has 0 aliphatic heterocycles. The summed E-state index contributed by atoms with van der Waals surface area (Å²) < 4.78 is 5.21. The van der Waals surface area contributed by atoms with Crippen LogP contribution in [0.5, 0.6) is 5.75 Å². The van der Waals surface area contributed by atoms with E-state index >= 15 is 0 Å². The third kappa shape index (κ3) is 2.05. The highest BCUT2D eigenvalue weighted by Crippen LogP contribution is 2.16. The molecule has 3 rings (SSSR count). The maximum absolute atomic E-state index is 5.21. The average Bonchev–Trinajstić information content (AvgIpc) is 2.81. The molecule has 0 amide bonds. The largest absolute Gasteiger partial charge is 0.497 e. The van der Waals surface area contributed by atoms with Crippen LogP contribution in [-0.4, -0.2) is 22.1 Å². The van der Waals surface area contributed by atoms with Crippen molar-refractivity contribution >= 4 is 11.2 Å². The topological polar surface area (TPSA) is 50.8 Å². The summed E-state index contributed by atoms with van der Waals surface area (Å²) in [6.07, 6.45) is 2.49. The van der Waals surface area contributed by atoms with Gasteiger partial charge in [0.25, 0.3) is 0 Å². The van der Waals surface area contributed by atoms with Gasteiger partial charge in [0.2, 0.25) is 0 Å². The lowest BCUT2D eigenvalue weighted by Gasteiger charge is -2.02. The normalized spacial score (nSPS) is 10.7. The second-order valence-corrected chi connectivity index (χ2v) is 4.09. The van der Waals surface area contributed by atoms with Gasteiger partial charge in [0.15, 0.2) is 5.65 Å². The number of nitrogens with one attached hydrogen (secondary N) is 1. The van der Waals surface area contributed by atoms with Crippen LogP contribution in [0.2, 0.25) is 0 Å². The van der Waals surface area contributed by atoms with Crippen molar-refractivity contribution in [3.8, 4) is 5.75 Å². The zero-order valence-electron chi connectivity index (χ0n) is 10.1. The summed E-state index contributed by atoms with van der Waals surface area (Å²) in [5, 5.41) is 0. The van der Waals surface area contributed by atoms with Crippen LogP contribution in [0.3, 0.4) is 0 Å². The second kappa shape index (κ2) is 4.49. The quantitative estimate of drug-likeness (QED) is 0.764. The molecule has 0 atom stereocenters. The SMILES string of the molecule is COc1cccc(Cc2nc3ncccc3[nH]2)c1. The molecular weight excluding hydrogens is 226 g/mol. The van der Waals surface area contributed by atoms with Crippen molar-refractivity contribution in [2.75, 3.05) is 7.11 Å².